The number of carbonyl (C=O) groups is 2. The van der Waals surface area contributed by atoms with Crippen LogP contribution in [-0.4, -0.2) is 23.0 Å². The highest BCUT2D eigenvalue weighted by molar-refractivity contribution is 5.81. The van der Waals surface area contributed by atoms with Gasteiger partial charge in [-0.2, -0.15) is 0 Å². The molecule has 5 heteroatoms. The maximum atomic E-state index is 13.5. The van der Waals surface area contributed by atoms with Crippen molar-refractivity contribution in [3.8, 4) is 0 Å². The number of carbonyl (C=O) groups excluding carboxylic acids is 1. The zero-order valence-electron chi connectivity index (χ0n) is 11.4. The summed E-state index contributed by atoms with van der Waals surface area (Å²) in [5.41, 5.74) is -0.606. The number of rotatable bonds is 4. The molecule has 2 N–H and O–H groups in total. The van der Waals surface area contributed by atoms with Crippen LogP contribution in [0.15, 0.2) is 24.3 Å². The molecule has 0 spiro atoms. The minimum absolute atomic E-state index is 0.0706. The van der Waals surface area contributed by atoms with Gasteiger partial charge in [0, 0.05) is 6.04 Å². The van der Waals surface area contributed by atoms with Crippen LogP contribution in [-0.2, 0) is 16.0 Å². The third-order valence-corrected chi connectivity index (χ3v) is 4.09. The molecule has 1 aromatic carbocycles. The van der Waals surface area contributed by atoms with Crippen molar-refractivity contribution >= 4 is 11.9 Å². The van der Waals surface area contributed by atoms with E-state index in [2.05, 4.69) is 5.32 Å². The summed E-state index contributed by atoms with van der Waals surface area (Å²) in [6.07, 6.45) is 1.89. The van der Waals surface area contributed by atoms with E-state index in [0.29, 0.717) is 18.4 Å². The van der Waals surface area contributed by atoms with E-state index in [0.717, 1.165) is 6.42 Å². The molecule has 1 aromatic rings. The van der Waals surface area contributed by atoms with Crippen LogP contribution >= 0.6 is 0 Å². The molecule has 1 aliphatic carbocycles. The summed E-state index contributed by atoms with van der Waals surface area (Å²) in [6.45, 7) is 1.65. The summed E-state index contributed by atoms with van der Waals surface area (Å²) >= 11 is 0. The summed E-state index contributed by atoms with van der Waals surface area (Å²) in [4.78, 5) is 23.3. The molecular weight excluding hydrogens is 261 g/mol. The van der Waals surface area contributed by atoms with Crippen LogP contribution < -0.4 is 5.32 Å². The Morgan fingerprint density at radius 2 is 2.15 bits per heavy atom. The molecule has 1 aliphatic rings. The molecule has 0 heterocycles. The molecule has 0 aliphatic heterocycles. The molecule has 1 saturated carbocycles. The van der Waals surface area contributed by atoms with E-state index in [1.54, 1.807) is 25.1 Å². The average Bonchev–Trinajstić information content (AvgIpc) is 2.75. The van der Waals surface area contributed by atoms with Gasteiger partial charge in [-0.25, -0.2) is 4.39 Å². The molecule has 0 aromatic heterocycles. The number of halogens is 1. The van der Waals surface area contributed by atoms with E-state index in [-0.39, 0.29) is 18.4 Å². The summed E-state index contributed by atoms with van der Waals surface area (Å²) in [5.74, 6) is -1.66. The molecule has 20 heavy (non-hydrogen) atoms. The number of benzene rings is 1. The van der Waals surface area contributed by atoms with E-state index >= 15 is 0 Å². The Hall–Kier alpha value is -1.91. The lowest BCUT2D eigenvalue weighted by Gasteiger charge is -2.27. The maximum Gasteiger partial charge on any atom is 0.311 e. The third kappa shape index (κ3) is 2.81. The van der Waals surface area contributed by atoms with Crippen molar-refractivity contribution in [1.82, 2.24) is 5.32 Å². The van der Waals surface area contributed by atoms with Crippen molar-refractivity contribution in [3.05, 3.63) is 35.6 Å². The first-order valence-corrected chi connectivity index (χ1v) is 6.69. The third-order valence-electron chi connectivity index (χ3n) is 4.09. The quantitative estimate of drug-likeness (QED) is 0.887. The fraction of sp³-hybridized carbons (Fsp3) is 0.467. The predicted molar refractivity (Wildman–Crippen MR) is 71.6 cm³/mol. The Morgan fingerprint density at radius 3 is 2.80 bits per heavy atom. The van der Waals surface area contributed by atoms with Gasteiger partial charge in [0.25, 0.3) is 0 Å². The second-order valence-corrected chi connectivity index (χ2v) is 5.50. The first-order valence-electron chi connectivity index (χ1n) is 6.69. The predicted octanol–water partition coefficient (Wildman–Crippen LogP) is 2.13. The second-order valence-electron chi connectivity index (χ2n) is 5.50. The van der Waals surface area contributed by atoms with E-state index in [9.17, 15) is 19.1 Å². The molecule has 4 nitrogen and oxygen atoms in total. The topological polar surface area (TPSA) is 66.4 Å². The van der Waals surface area contributed by atoms with E-state index in [1.165, 1.54) is 6.07 Å². The Bertz CT molecular complexity index is 532. The highest BCUT2D eigenvalue weighted by atomic mass is 19.1. The Kier molecular flexibility index (Phi) is 4.06. The summed E-state index contributed by atoms with van der Waals surface area (Å²) in [5, 5.41) is 12.0. The van der Waals surface area contributed by atoms with Gasteiger partial charge in [-0.15, -0.1) is 0 Å². The normalized spacial score (nSPS) is 25.4. The van der Waals surface area contributed by atoms with Crippen molar-refractivity contribution in [2.45, 2.75) is 38.6 Å². The van der Waals surface area contributed by atoms with Crippen LogP contribution in [0.3, 0.4) is 0 Å². The number of hydrogen-bond donors (Lipinski definition) is 2. The molecule has 2 atom stereocenters. The minimum Gasteiger partial charge on any atom is -0.481 e. The number of nitrogens with one attached hydrogen (secondary N) is 1. The van der Waals surface area contributed by atoms with Gasteiger partial charge >= 0.3 is 5.97 Å². The number of hydrogen-bond acceptors (Lipinski definition) is 2. The van der Waals surface area contributed by atoms with E-state index in [1.807, 2.05) is 0 Å². The van der Waals surface area contributed by atoms with Gasteiger partial charge in [0.1, 0.15) is 5.82 Å². The van der Waals surface area contributed by atoms with Crippen molar-refractivity contribution < 1.29 is 19.1 Å². The van der Waals surface area contributed by atoms with E-state index in [4.69, 9.17) is 0 Å². The second kappa shape index (κ2) is 5.61. The van der Waals surface area contributed by atoms with Crippen LogP contribution in [0.2, 0.25) is 0 Å². The molecule has 1 amide bonds. The largest absolute Gasteiger partial charge is 0.481 e. The van der Waals surface area contributed by atoms with Crippen molar-refractivity contribution in [3.63, 3.8) is 0 Å². The van der Waals surface area contributed by atoms with Gasteiger partial charge in [-0.3, -0.25) is 9.59 Å². The lowest BCUT2D eigenvalue weighted by atomic mass is 9.85. The highest BCUT2D eigenvalue weighted by Gasteiger charge is 2.45. The fourth-order valence-corrected chi connectivity index (χ4v) is 2.71. The number of carboxylic acid groups (broad SMARTS) is 1. The molecule has 0 radical (unpaired) electrons. The Morgan fingerprint density at radius 1 is 1.45 bits per heavy atom. The molecule has 1 fully saturated rings. The monoisotopic (exact) mass is 279 g/mol. The van der Waals surface area contributed by atoms with Gasteiger partial charge < -0.3 is 10.4 Å². The van der Waals surface area contributed by atoms with E-state index < -0.39 is 17.2 Å². The van der Waals surface area contributed by atoms with Gasteiger partial charge in [-0.05, 0) is 31.4 Å². The summed E-state index contributed by atoms with van der Waals surface area (Å²) in [6, 6.07) is 5.71. The molecule has 2 unspecified atom stereocenters. The smallest absolute Gasteiger partial charge is 0.311 e. The SMILES string of the molecule is CC1(C(=O)O)CCCC1NC(=O)Cc1ccccc1F. The number of aliphatic carboxylic acids is 1. The number of amides is 1. The first-order chi connectivity index (χ1) is 9.43. The minimum atomic E-state index is -0.926. The van der Waals surface area contributed by atoms with Crippen LogP contribution in [0.25, 0.3) is 0 Å². The molecule has 2 rings (SSSR count). The molecule has 0 saturated heterocycles. The molecule has 0 bridgehead atoms. The van der Waals surface area contributed by atoms with Crippen LogP contribution in [0.1, 0.15) is 31.7 Å². The van der Waals surface area contributed by atoms with Gasteiger partial charge in [-0.1, -0.05) is 24.6 Å². The van der Waals surface area contributed by atoms with Crippen LogP contribution in [0.4, 0.5) is 4.39 Å². The maximum absolute atomic E-state index is 13.5. The van der Waals surface area contributed by atoms with Gasteiger partial charge in [0.2, 0.25) is 5.91 Å². The zero-order chi connectivity index (χ0) is 14.8. The molecule has 108 valence electrons. The average molecular weight is 279 g/mol. The lowest BCUT2D eigenvalue weighted by Crippen LogP contribution is -2.47. The molecular formula is C15H18FNO3. The summed E-state index contributed by atoms with van der Waals surface area (Å²) < 4.78 is 13.5. The van der Waals surface area contributed by atoms with Crippen LogP contribution in [0, 0.1) is 11.2 Å². The van der Waals surface area contributed by atoms with Crippen molar-refractivity contribution in [2.24, 2.45) is 5.41 Å². The fourth-order valence-electron chi connectivity index (χ4n) is 2.71. The standard InChI is InChI=1S/C15H18FNO3/c1-15(14(19)20)8-4-7-12(15)17-13(18)9-10-5-2-3-6-11(10)16/h2-3,5-6,12H,4,7-9H2,1H3,(H,17,18)(H,19,20). The van der Waals surface area contributed by atoms with Gasteiger partial charge in [0.15, 0.2) is 0 Å². The zero-order valence-corrected chi connectivity index (χ0v) is 11.4. The van der Waals surface area contributed by atoms with Crippen LogP contribution in [0.5, 0.6) is 0 Å². The first kappa shape index (κ1) is 14.5. The highest BCUT2D eigenvalue weighted by Crippen LogP contribution is 2.38. The lowest BCUT2D eigenvalue weighted by molar-refractivity contribution is -0.149. The van der Waals surface area contributed by atoms with Crippen molar-refractivity contribution in [1.29, 1.82) is 0 Å². The Labute approximate surface area is 117 Å². The van der Waals surface area contributed by atoms with Gasteiger partial charge in [0.05, 0.1) is 11.8 Å². The van der Waals surface area contributed by atoms with Crippen molar-refractivity contribution in [2.75, 3.05) is 0 Å². The summed E-state index contributed by atoms with van der Waals surface area (Å²) in [7, 11) is 0. The Balaban J connectivity index is 2.02. The number of carboxylic acids is 1.